The summed E-state index contributed by atoms with van der Waals surface area (Å²) in [4.78, 5) is 13.9. The summed E-state index contributed by atoms with van der Waals surface area (Å²) >= 11 is 0. The highest BCUT2D eigenvalue weighted by atomic mass is 16.5. The third-order valence-corrected chi connectivity index (χ3v) is 3.88. The molecule has 0 spiro atoms. The highest BCUT2D eigenvalue weighted by Gasteiger charge is 2.21. The van der Waals surface area contributed by atoms with Crippen LogP contribution in [-0.4, -0.2) is 49.7 Å². The molecule has 0 fully saturated rings. The molecular weight excluding hydrogens is 240 g/mol. The van der Waals surface area contributed by atoms with Gasteiger partial charge in [0.1, 0.15) is 0 Å². The van der Waals surface area contributed by atoms with Crippen molar-refractivity contribution in [3.05, 3.63) is 0 Å². The van der Waals surface area contributed by atoms with Crippen LogP contribution in [0.4, 0.5) is 0 Å². The third-order valence-electron chi connectivity index (χ3n) is 3.88. The van der Waals surface area contributed by atoms with Crippen LogP contribution in [0, 0.1) is 5.92 Å². The number of hydrogen-bond acceptors (Lipinski definition) is 4. The van der Waals surface area contributed by atoms with Gasteiger partial charge in [0.05, 0.1) is 13.0 Å². The van der Waals surface area contributed by atoms with Gasteiger partial charge in [0, 0.05) is 12.1 Å². The second kappa shape index (κ2) is 10.2. The summed E-state index contributed by atoms with van der Waals surface area (Å²) in [5.74, 6) is -0.245. The third kappa shape index (κ3) is 7.53. The first-order valence-corrected chi connectivity index (χ1v) is 7.52. The second-order valence-corrected chi connectivity index (χ2v) is 5.34. The molecule has 3 atom stereocenters. The Morgan fingerprint density at radius 3 is 2.26 bits per heavy atom. The lowest BCUT2D eigenvalue weighted by Gasteiger charge is -2.25. The molecule has 0 bridgehead atoms. The number of nitrogens with zero attached hydrogens (tertiary/aromatic N) is 1. The van der Waals surface area contributed by atoms with Crippen LogP contribution in [0.15, 0.2) is 0 Å². The van der Waals surface area contributed by atoms with Gasteiger partial charge in [-0.1, -0.05) is 20.8 Å². The van der Waals surface area contributed by atoms with Crippen molar-refractivity contribution >= 4 is 5.97 Å². The van der Waals surface area contributed by atoms with Crippen LogP contribution in [0.1, 0.15) is 47.5 Å². The summed E-state index contributed by atoms with van der Waals surface area (Å²) in [5.41, 5.74) is 0. The largest absolute Gasteiger partial charge is 0.469 e. The second-order valence-electron chi connectivity index (χ2n) is 5.34. The lowest BCUT2D eigenvalue weighted by molar-refractivity contribution is -0.145. The van der Waals surface area contributed by atoms with E-state index in [1.807, 2.05) is 13.8 Å². The number of carbonyl (C=O) groups excluding carboxylic acids is 1. The topological polar surface area (TPSA) is 41.6 Å². The van der Waals surface area contributed by atoms with Gasteiger partial charge in [-0.15, -0.1) is 0 Å². The lowest BCUT2D eigenvalue weighted by atomic mass is 10.0. The molecule has 19 heavy (non-hydrogen) atoms. The summed E-state index contributed by atoms with van der Waals surface area (Å²) in [6, 6.07) is 0.577. The Kier molecular flexibility index (Phi) is 9.88. The fraction of sp³-hybridized carbons (Fsp3) is 0.933. The first-order chi connectivity index (χ1) is 8.96. The van der Waals surface area contributed by atoms with Crippen molar-refractivity contribution in [3.8, 4) is 0 Å². The molecule has 0 heterocycles. The summed E-state index contributed by atoms with van der Waals surface area (Å²) in [6.45, 7) is 13.9. The molecule has 0 aromatic rings. The van der Waals surface area contributed by atoms with E-state index in [0.717, 1.165) is 26.1 Å². The number of hydrogen-bond donors (Lipinski definition) is 1. The molecule has 0 aliphatic rings. The standard InChI is InChI=1S/C15H32N2O2/c1-7-17(8-2)11-9-10-12(3)16-14(5)13(4)15(18)19-6/h12-14,16H,7-11H2,1-6H3. The van der Waals surface area contributed by atoms with E-state index in [0.29, 0.717) is 6.04 Å². The highest BCUT2D eigenvalue weighted by Crippen LogP contribution is 2.08. The highest BCUT2D eigenvalue weighted by molar-refractivity contribution is 5.72. The molecule has 0 aliphatic carbocycles. The van der Waals surface area contributed by atoms with Crippen LogP contribution in [0.3, 0.4) is 0 Å². The number of ether oxygens (including phenoxy) is 1. The van der Waals surface area contributed by atoms with Gasteiger partial charge in [-0.25, -0.2) is 0 Å². The number of rotatable bonds is 10. The fourth-order valence-corrected chi connectivity index (χ4v) is 2.23. The van der Waals surface area contributed by atoms with Crippen molar-refractivity contribution < 1.29 is 9.53 Å². The molecule has 0 aromatic carbocycles. The average Bonchev–Trinajstić information content (AvgIpc) is 2.41. The van der Waals surface area contributed by atoms with E-state index in [9.17, 15) is 4.79 Å². The predicted octanol–water partition coefficient (Wildman–Crippen LogP) is 2.28. The zero-order valence-corrected chi connectivity index (χ0v) is 13.5. The van der Waals surface area contributed by atoms with Crippen LogP contribution in [-0.2, 0) is 9.53 Å². The molecule has 3 unspecified atom stereocenters. The van der Waals surface area contributed by atoms with Crippen molar-refractivity contribution in [2.45, 2.75) is 59.5 Å². The van der Waals surface area contributed by atoms with Crippen LogP contribution >= 0.6 is 0 Å². The number of methoxy groups -OCH3 is 1. The summed E-state index contributed by atoms with van der Waals surface area (Å²) in [5, 5.41) is 3.49. The zero-order chi connectivity index (χ0) is 14.8. The monoisotopic (exact) mass is 272 g/mol. The Balaban J connectivity index is 3.90. The Bertz CT molecular complexity index is 242. The SMILES string of the molecule is CCN(CC)CCCC(C)NC(C)C(C)C(=O)OC. The summed E-state index contributed by atoms with van der Waals surface area (Å²) in [7, 11) is 1.44. The van der Waals surface area contributed by atoms with Crippen LogP contribution < -0.4 is 5.32 Å². The van der Waals surface area contributed by atoms with E-state index in [2.05, 4.69) is 31.0 Å². The molecule has 0 amide bonds. The van der Waals surface area contributed by atoms with E-state index in [1.165, 1.54) is 13.5 Å². The average molecular weight is 272 g/mol. The Morgan fingerprint density at radius 2 is 1.79 bits per heavy atom. The molecule has 0 saturated heterocycles. The van der Waals surface area contributed by atoms with Crippen molar-refractivity contribution in [2.24, 2.45) is 5.92 Å². The molecule has 0 aromatic heterocycles. The van der Waals surface area contributed by atoms with Crippen molar-refractivity contribution in [1.82, 2.24) is 10.2 Å². The minimum absolute atomic E-state index is 0.102. The maximum Gasteiger partial charge on any atom is 0.309 e. The first-order valence-electron chi connectivity index (χ1n) is 7.52. The summed E-state index contributed by atoms with van der Waals surface area (Å²) in [6.07, 6.45) is 2.32. The van der Waals surface area contributed by atoms with Gasteiger partial charge in [0.25, 0.3) is 0 Å². The van der Waals surface area contributed by atoms with Crippen LogP contribution in [0.5, 0.6) is 0 Å². The quantitative estimate of drug-likeness (QED) is 0.620. The van der Waals surface area contributed by atoms with Crippen molar-refractivity contribution in [3.63, 3.8) is 0 Å². The van der Waals surface area contributed by atoms with E-state index < -0.39 is 0 Å². The van der Waals surface area contributed by atoms with Crippen LogP contribution in [0.25, 0.3) is 0 Å². The number of nitrogens with one attached hydrogen (secondary N) is 1. The molecule has 4 heteroatoms. The van der Waals surface area contributed by atoms with Crippen LogP contribution in [0.2, 0.25) is 0 Å². The van der Waals surface area contributed by atoms with Crippen molar-refractivity contribution in [2.75, 3.05) is 26.7 Å². The lowest BCUT2D eigenvalue weighted by Crippen LogP contribution is -2.42. The first kappa shape index (κ1) is 18.4. The van der Waals surface area contributed by atoms with Gasteiger partial charge in [-0.3, -0.25) is 4.79 Å². The van der Waals surface area contributed by atoms with Crippen molar-refractivity contribution in [1.29, 1.82) is 0 Å². The minimum atomic E-state index is -0.143. The molecule has 4 nitrogen and oxygen atoms in total. The Hall–Kier alpha value is -0.610. The molecule has 1 N–H and O–H groups in total. The molecule has 0 aliphatic heterocycles. The molecule has 0 radical (unpaired) electrons. The maximum absolute atomic E-state index is 11.4. The maximum atomic E-state index is 11.4. The molecule has 114 valence electrons. The minimum Gasteiger partial charge on any atom is -0.469 e. The number of esters is 1. The zero-order valence-electron chi connectivity index (χ0n) is 13.5. The van der Waals surface area contributed by atoms with Gasteiger partial charge in [0.15, 0.2) is 0 Å². The van der Waals surface area contributed by atoms with Gasteiger partial charge < -0.3 is 15.0 Å². The Morgan fingerprint density at radius 1 is 1.21 bits per heavy atom. The molecule has 0 saturated carbocycles. The normalized spacial score (nSPS) is 16.2. The van der Waals surface area contributed by atoms with Gasteiger partial charge in [-0.05, 0) is 46.3 Å². The molecule has 0 rings (SSSR count). The predicted molar refractivity (Wildman–Crippen MR) is 80.3 cm³/mol. The Labute approximate surface area is 118 Å². The number of carbonyl (C=O) groups is 1. The van der Waals surface area contributed by atoms with Gasteiger partial charge in [-0.2, -0.15) is 0 Å². The summed E-state index contributed by atoms with van der Waals surface area (Å²) < 4.78 is 4.77. The van der Waals surface area contributed by atoms with E-state index in [4.69, 9.17) is 4.74 Å². The van der Waals surface area contributed by atoms with Gasteiger partial charge in [0.2, 0.25) is 0 Å². The van der Waals surface area contributed by atoms with E-state index >= 15 is 0 Å². The van der Waals surface area contributed by atoms with E-state index in [-0.39, 0.29) is 17.9 Å². The van der Waals surface area contributed by atoms with E-state index in [1.54, 1.807) is 0 Å². The van der Waals surface area contributed by atoms with Gasteiger partial charge >= 0.3 is 5.97 Å². The smallest absolute Gasteiger partial charge is 0.309 e. The molecular formula is C15H32N2O2. The fourth-order valence-electron chi connectivity index (χ4n) is 2.23.